The summed E-state index contributed by atoms with van der Waals surface area (Å²) in [7, 11) is 0. The maximum atomic E-state index is 5.71. The molecule has 0 aliphatic heterocycles. The first-order valence-electron chi connectivity index (χ1n) is 6.57. The van der Waals surface area contributed by atoms with Crippen molar-refractivity contribution >= 4 is 5.95 Å². The summed E-state index contributed by atoms with van der Waals surface area (Å²) in [5.74, 6) is 0.849. The third-order valence-electron chi connectivity index (χ3n) is 3.42. The van der Waals surface area contributed by atoms with E-state index in [1.807, 2.05) is 19.2 Å². The number of hydrogen-bond acceptors (Lipinski definition) is 4. The lowest BCUT2D eigenvalue weighted by molar-refractivity contribution is 0.412. The van der Waals surface area contributed by atoms with E-state index in [0.717, 1.165) is 18.2 Å². The van der Waals surface area contributed by atoms with E-state index in [2.05, 4.69) is 14.9 Å². The van der Waals surface area contributed by atoms with Gasteiger partial charge in [-0.15, -0.1) is 0 Å². The molecule has 4 heteroatoms. The molecule has 0 unspecified atom stereocenters. The molecule has 1 aliphatic carbocycles. The fourth-order valence-electron chi connectivity index (χ4n) is 2.55. The van der Waals surface area contributed by atoms with Crippen molar-refractivity contribution in [3.05, 3.63) is 18.0 Å². The molecule has 1 aliphatic rings. The number of anilines is 1. The molecule has 1 fully saturated rings. The predicted octanol–water partition coefficient (Wildman–Crippen LogP) is 1.88. The number of hydrogen-bond donors (Lipinski definition) is 1. The zero-order valence-corrected chi connectivity index (χ0v) is 10.6. The zero-order valence-electron chi connectivity index (χ0n) is 10.6. The Balaban J connectivity index is 2.15. The largest absolute Gasteiger partial charge is 0.337 e. The van der Waals surface area contributed by atoms with Crippen molar-refractivity contribution < 1.29 is 0 Å². The molecule has 2 N–H and O–H groups in total. The van der Waals surface area contributed by atoms with Gasteiger partial charge in [-0.25, -0.2) is 9.97 Å². The lowest BCUT2D eigenvalue weighted by Crippen LogP contribution is -2.41. The molecule has 0 aromatic carbocycles. The Hall–Kier alpha value is -1.16. The average molecular weight is 234 g/mol. The van der Waals surface area contributed by atoms with Crippen molar-refractivity contribution in [3.63, 3.8) is 0 Å². The fourth-order valence-corrected chi connectivity index (χ4v) is 2.55. The molecule has 2 rings (SSSR count). The van der Waals surface area contributed by atoms with E-state index in [-0.39, 0.29) is 0 Å². The van der Waals surface area contributed by atoms with Crippen LogP contribution in [0.5, 0.6) is 0 Å². The highest BCUT2D eigenvalue weighted by atomic mass is 15.3. The molecule has 0 radical (unpaired) electrons. The summed E-state index contributed by atoms with van der Waals surface area (Å²) >= 11 is 0. The Kier molecular flexibility index (Phi) is 4.31. The van der Waals surface area contributed by atoms with Crippen molar-refractivity contribution in [2.24, 2.45) is 5.73 Å². The second kappa shape index (κ2) is 5.96. The zero-order chi connectivity index (χ0) is 12.1. The van der Waals surface area contributed by atoms with Crippen LogP contribution in [0, 0.1) is 6.92 Å². The molecule has 1 aromatic heterocycles. The summed E-state index contributed by atoms with van der Waals surface area (Å²) in [5, 5.41) is 0. The Morgan fingerprint density at radius 3 is 2.76 bits per heavy atom. The molecule has 0 amide bonds. The number of nitrogens with zero attached hydrogens (tertiary/aromatic N) is 3. The molecule has 1 saturated carbocycles. The molecule has 0 spiro atoms. The Bertz CT molecular complexity index is 347. The second-order valence-corrected chi connectivity index (χ2v) is 4.77. The number of aryl methyl sites for hydroxylation is 1. The first kappa shape index (κ1) is 12.3. The average Bonchev–Trinajstić information content (AvgIpc) is 2.37. The molecule has 1 aromatic rings. The monoisotopic (exact) mass is 234 g/mol. The van der Waals surface area contributed by atoms with Crippen LogP contribution in [0.15, 0.2) is 12.3 Å². The molecular formula is C13H22N4. The van der Waals surface area contributed by atoms with E-state index < -0.39 is 0 Å². The highest BCUT2D eigenvalue weighted by Crippen LogP contribution is 2.24. The van der Waals surface area contributed by atoms with Gasteiger partial charge in [0.1, 0.15) is 0 Å². The van der Waals surface area contributed by atoms with Crippen molar-refractivity contribution in [1.29, 1.82) is 0 Å². The van der Waals surface area contributed by atoms with Gasteiger partial charge in [0.15, 0.2) is 0 Å². The molecule has 4 nitrogen and oxygen atoms in total. The first-order valence-corrected chi connectivity index (χ1v) is 6.57. The van der Waals surface area contributed by atoms with Crippen LogP contribution >= 0.6 is 0 Å². The van der Waals surface area contributed by atoms with Crippen LogP contribution in [0.2, 0.25) is 0 Å². The van der Waals surface area contributed by atoms with Crippen molar-refractivity contribution in [2.45, 2.75) is 45.1 Å². The molecule has 0 atom stereocenters. The van der Waals surface area contributed by atoms with E-state index in [1.54, 1.807) is 0 Å². The number of aromatic nitrogens is 2. The van der Waals surface area contributed by atoms with Crippen LogP contribution in [-0.2, 0) is 0 Å². The molecule has 0 bridgehead atoms. The quantitative estimate of drug-likeness (QED) is 0.864. The minimum absolute atomic E-state index is 0.578. The number of rotatable bonds is 4. The van der Waals surface area contributed by atoms with Gasteiger partial charge < -0.3 is 10.6 Å². The molecule has 1 heterocycles. The van der Waals surface area contributed by atoms with Crippen LogP contribution in [0.4, 0.5) is 5.95 Å². The van der Waals surface area contributed by atoms with Crippen molar-refractivity contribution in [1.82, 2.24) is 9.97 Å². The van der Waals surface area contributed by atoms with E-state index in [1.165, 1.54) is 32.1 Å². The van der Waals surface area contributed by atoms with Gasteiger partial charge in [0, 0.05) is 31.0 Å². The lowest BCUT2D eigenvalue weighted by atomic mass is 9.94. The summed E-state index contributed by atoms with van der Waals surface area (Å²) < 4.78 is 0. The van der Waals surface area contributed by atoms with E-state index in [0.29, 0.717) is 12.6 Å². The van der Waals surface area contributed by atoms with Gasteiger partial charge in [0.05, 0.1) is 0 Å². The normalized spacial score (nSPS) is 17.1. The standard InChI is InChI=1S/C13H22N4/c1-11-7-9-15-13(16-11)17(10-8-14)12-5-3-2-4-6-12/h7,9,12H,2-6,8,10,14H2,1H3. The van der Waals surface area contributed by atoms with Gasteiger partial charge >= 0.3 is 0 Å². The van der Waals surface area contributed by atoms with E-state index in [4.69, 9.17) is 5.73 Å². The third-order valence-corrected chi connectivity index (χ3v) is 3.42. The molecule has 17 heavy (non-hydrogen) atoms. The van der Waals surface area contributed by atoms with E-state index in [9.17, 15) is 0 Å². The van der Waals surface area contributed by atoms with Gasteiger partial charge in [0.2, 0.25) is 5.95 Å². The molecular weight excluding hydrogens is 212 g/mol. The maximum absolute atomic E-state index is 5.71. The van der Waals surface area contributed by atoms with Gasteiger partial charge in [-0.05, 0) is 25.8 Å². The topological polar surface area (TPSA) is 55.0 Å². The first-order chi connectivity index (χ1) is 8.31. The number of nitrogens with two attached hydrogens (primary N) is 1. The highest BCUT2D eigenvalue weighted by molar-refractivity contribution is 5.32. The van der Waals surface area contributed by atoms with Crippen molar-refractivity contribution in [3.8, 4) is 0 Å². The Labute approximate surface area is 103 Å². The Morgan fingerprint density at radius 1 is 1.35 bits per heavy atom. The predicted molar refractivity (Wildman–Crippen MR) is 70.0 cm³/mol. The maximum Gasteiger partial charge on any atom is 0.225 e. The SMILES string of the molecule is Cc1ccnc(N(CCN)C2CCCCC2)n1. The summed E-state index contributed by atoms with van der Waals surface area (Å²) in [6, 6.07) is 2.51. The van der Waals surface area contributed by atoms with Crippen LogP contribution in [-0.4, -0.2) is 29.1 Å². The van der Waals surface area contributed by atoms with Gasteiger partial charge in [-0.3, -0.25) is 0 Å². The second-order valence-electron chi connectivity index (χ2n) is 4.77. The van der Waals surface area contributed by atoms with Crippen molar-refractivity contribution in [2.75, 3.05) is 18.0 Å². The summed E-state index contributed by atoms with van der Waals surface area (Å²) in [5.41, 5.74) is 6.74. The summed E-state index contributed by atoms with van der Waals surface area (Å²) in [4.78, 5) is 11.2. The molecule has 94 valence electrons. The van der Waals surface area contributed by atoms with Gasteiger partial charge in [0.25, 0.3) is 0 Å². The summed E-state index contributed by atoms with van der Waals surface area (Å²) in [6.45, 7) is 3.52. The van der Waals surface area contributed by atoms with Crippen LogP contribution in [0.25, 0.3) is 0 Å². The smallest absolute Gasteiger partial charge is 0.225 e. The van der Waals surface area contributed by atoms with Gasteiger partial charge in [-0.2, -0.15) is 0 Å². The minimum Gasteiger partial charge on any atom is -0.337 e. The van der Waals surface area contributed by atoms with Crippen LogP contribution in [0.3, 0.4) is 0 Å². The lowest BCUT2D eigenvalue weighted by Gasteiger charge is -2.34. The minimum atomic E-state index is 0.578. The van der Waals surface area contributed by atoms with Crippen LogP contribution < -0.4 is 10.6 Å². The fraction of sp³-hybridized carbons (Fsp3) is 0.692. The highest BCUT2D eigenvalue weighted by Gasteiger charge is 2.22. The Morgan fingerprint density at radius 2 is 2.12 bits per heavy atom. The van der Waals surface area contributed by atoms with E-state index >= 15 is 0 Å². The van der Waals surface area contributed by atoms with Crippen LogP contribution in [0.1, 0.15) is 37.8 Å². The summed E-state index contributed by atoms with van der Waals surface area (Å²) in [6.07, 6.45) is 8.33. The third kappa shape index (κ3) is 3.16. The molecule has 0 saturated heterocycles. The van der Waals surface area contributed by atoms with Gasteiger partial charge in [-0.1, -0.05) is 19.3 Å².